The van der Waals surface area contributed by atoms with Crippen LogP contribution in [0, 0.1) is 5.41 Å². The minimum absolute atomic E-state index is 0.0180. The van der Waals surface area contributed by atoms with Gasteiger partial charge >= 0.3 is 0 Å². The van der Waals surface area contributed by atoms with Crippen molar-refractivity contribution < 1.29 is 4.79 Å². The van der Waals surface area contributed by atoms with Gasteiger partial charge in [-0.15, -0.1) is 0 Å². The van der Waals surface area contributed by atoms with Gasteiger partial charge in [0, 0.05) is 11.8 Å². The molecule has 3 nitrogen and oxygen atoms in total. The van der Waals surface area contributed by atoms with Crippen molar-refractivity contribution in [3.63, 3.8) is 0 Å². The molecule has 1 N–H and O–H groups in total. The SMILES string of the molecule is CC(C)(C)[C@@H](NC(=O)C1=C2C=C3CC3=C2C=C1)c1ccccn1. The van der Waals surface area contributed by atoms with Gasteiger partial charge in [0.2, 0.25) is 0 Å². The molecule has 23 heavy (non-hydrogen) atoms. The van der Waals surface area contributed by atoms with Crippen molar-refractivity contribution in [1.82, 2.24) is 10.3 Å². The zero-order valence-electron chi connectivity index (χ0n) is 13.7. The Kier molecular flexibility index (Phi) is 2.95. The summed E-state index contributed by atoms with van der Waals surface area (Å²) < 4.78 is 0. The van der Waals surface area contributed by atoms with Gasteiger partial charge in [-0.1, -0.05) is 32.9 Å². The average Bonchev–Trinajstić information content (AvgIpc) is 2.99. The third-order valence-corrected chi connectivity index (χ3v) is 4.64. The first-order valence-corrected chi connectivity index (χ1v) is 8.04. The number of hydrogen-bond acceptors (Lipinski definition) is 2. The predicted molar refractivity (Wildman–Crippen MR) is 90.5 cm³/mol. The van der Waals surface area contributed by atoms with Crippen molar-refractivity contribution in [2.75, 3.05) is 0 Å². The number of nitrogens with zero attached hydrogens (tertiary/aromatic N) is 1. The van der Waals surface area contributed by atoms with Crippen LogP contribution in [0.4, 0.5) is 0 Å². The molecule has 0 radical (unpaired) electrons. The Bertz CT molecular complexity index is 817. The van der Waals surface area contributed by atoms with Crippen LogP contribution < -0.4 is 5.32 Å². The number of hydrogen-bond donors (Lipinski definition) is 1. The van der Waals surface area contributed by atoms with Gasteiger partial charge in [0.25, 0.3) is 5.91 Å². The second kappa shape index (κ2) is 4.79. The molecule has 1 fully saturated rings. The highest BCUT2D eigenvalue weighted by atomic mass is 16.1. The fourth-order valence-corrected chi connectivity index (χ4v) is 3.32. The van der Waals surface area contributed by atoms with Crippen molar-refractivity contribution in [1.29, 1.82) is 0 Å². The molecule has 1 aromatic heterocycles. The summed E-state index contributed by atoms with van der Waals surface area (Å²) in [6.07, 6.45) is 9.04. The van der Waals surface area contributed by atoms with E-state index in [4.69, 9.17) is 0 Å². The molecule has 1 heterocycles. The van der Waals surface area contributed by atoms with Gasteiger partial charge in [0.05, 0.1) is 11.7 Å². The normalized spacial score (nSPS) is 19.5. The van der Waals surface area contributed by atoms with Crippen LogP contribution in [0.15, 0.2) is 70.5 Å². The molecule has 1 atom stereocenters. The standard InChI is InChI=1S/C20H20N2O/c1-20(2,3)18(17-6-4-5-9-21-17)22-19(23)14-8-7-13-15-10-12(15)11-16(13)14/h4-9,11,18H,10H2,1-3H3,(H,22,23)/t18-/m0/s1. The lowest BCUT2D eigenvalue weighted by atomic mass is 9.84. The monoisotopic (exact) mass is 304 g/mol. The number of amides is 1. The van der Waals surface area contributed by atoms with Gasteiger partial charge in [-0.3, -0.25) is 9.78 Å². The number of rotatable bonds is 3. The second-order valence-corrected chi connectivity index (χ2v) is 7.43. The maximum atomic E-state index is 12.8. The van der Waals surface area contributed by atoms with Gasteiger partial charge in [-0.2, -0.15) is 0 Å². The Hall–Kier alpha value is -2.42. The maximum absolute atomic E-state index is 12.8. The van der Waals surface area contributed by atoms with E-state index in [-0.39, 0.29) is 17.4 Å². The summed E-state index contributed by atoms with van der Waals surface area (Å²) >= 11 is 0. The zero-order valence-corrected chi connectivity index (χ0v) is 13.7. The topological polar surface area (TPSA) is 42.0 Å². The number of fused-ring (bicyclic) bond motifs is 2. The summed E-state index contributed by atoms with van der Waals surface area (Å²) in [5.41, 5.74) is 6.69. The second-order valence-electron chi connectivity index (χ2n) is 7.43. The van der Waals surface area contributed by atoms with Gasteiger partial charge in [-0.05, 0) is 58.4 Å². The predicted octanol–water partition coefficient (Wildman–Crippen LogP) is 3.79. The first-order valence-electron chi connectivity index (χ1n) is 8.04. The smallest absolute Gasteiger partial charge is 0.252 e. The molecule has 116 valence electrons. The van der Waals surface area contributed by atoms with Gasteiger partial charge in [0.1, 0.15) is 0 Å². The number of pyridine rings is 1. The third-order valence-electron chi connectivity index (χ3n) is 4.64. The molecule has 0 spiro atoms. The summed E-state index contributed by atoms with van der Waals surface area (Å²) in [5, 5.41) is 3.20. The van der Waals surface area contributed by atoms with Crippen LogP contribution in [0.2, 0.25) is 0 Å². The van der Waals surface area contributed by atoms with Crippen molar-refractivity contribution in [2.24, 2.45) is 5.41 Å². The van der Waals surface area contributed by atoms with E-state index in [9.17, 15) is 4.79 Å². The molecule has 0 bridgehead atoms. The number of nitrogens with one attached hydrogen (secondary N) is 1. The highest BCUT2D eigenvalue weighted by Gasteiger charge is 2.37. The van der Waals surface area contributed by atoms with Crippen molar-refractivity contribution in [2.45, 2.75) is 33.2 Å². The van der Waals surface area contributed by atoms with Crippen LogP contribution in [0.5, 0.6) is 0 Å². The van der Waals surface area contributed by atoms with Gasteiger partial charge in [0.15, 0.2) is 0 Å². The quantitative estimate of drug-likeness (QED) is 0.923. The highest BCUT2D eigenvalue weighted by molar-refractivity contribution is 6.02. The van der Waals surface area contributed by atoms with Crippen molar-refractivity contribution in [3.8, 4) is 0 Å². The fourth-order valence-electron chi connectivity index (χ4n) is 3.32. The van der Waals surface area contributed by atoms with Crippen molar-refractivity contribution in [3.05, 3.63) is 76.2 Å². The molecule has 0 saturated heterocycles. The molecule has 0 aliphatic heterocycles. The summed E-state index contributed by atoms with van der Waals surface area (Å²) in [5.74, 6) is -0.0180. The zero-order chi connectivity index (χ0) is 16.2. The summed E-state index contributed by atoms with van der Waals surface area (Å²) in [4.78, 5) is 17.3. The molecule has 0 aromatic carbocycles. The summed E-state index contributed by atoms with van der Waals surface area (Å²) in [7, 11) is 0. The fraction of sp³-hybridized carbons (Fsp3) is 0.300. The molecular weight excluding hydrogens is 284 g/mol. The number of carbonyl (C=O) groups excluding carboxylic acids is 1. The van der Waals surface area contributed by atoms with E-state index in [2.05, 4.69) is 43.2 Å². The maximum Gasteiger partial charge on any atom is 0.252 e. The molecule has 4 rings (SSSR count). The molecule has 1 aromatic rings. The van der Waals surface area contributed by atoms with E-state index in [0.717, 1.165) is 23.3 Å². The Morgan fingerprint density at radius 1 is 1.22 bits per heavy atom. The van der Waals surface area contributed by atoms with E-state index in [1.165, 1.54) is 16.7 Å². The van der Waals surface area contributed by atoms with Crippen LogP contribution in [0.1, 0.15) is 38.9 Å². The van der Waals surface area contributed by atoms with Crippen LogP contribution in [0.3, 0.4) is 0 Å². The van der Waals surface area contributed by atoms with Gasteiger partial charge < -0.3 is 5.32 Å². The minimum atomic E-state index is -0.127. The molecular formula is C20H20N2O. The van der Waals surface area contributed by atoms with Crippen LogP contribution in [0.25, 0.3) is 0 Å². The van der Waals surface area contributed by atoms with E-state index < -0.39 is 0 Å². The number of allylic oxidation sites excluding steroid dienone is 6. The Morgan fingerprint density at radius 3 is 2.74 bits per heavy atom. The van der Waals surface area contributed by atoms with E-state index in [1.54, 1.807) is 6.20 Å². The Labute approximate surface area is 136 Å². The number of carbonyl (C=O) groups is 1. The first kappa shape index (κ1) is 14.2. The Morgan fingerprint density at radius 2 is 2.04 bits per heavy atom. The number of aromatic nitrogens is 1. The van der Waals surface area contributed by atoms with E-state index in [1.807, 2.05) is 24.3 Å². The lowest BCUT2D eigenvalue weighted by molar-refractivity contribution is -0.118. The molecule has 1 saturated carbocycles. The van der Waals surface area contributed by atoms with Gasteiger partial charge in [-0.25, -0.2) is 0 Å². The summed E-state index contributed by atoms with van der Waals surface area (Å²) in [6, 6.07) is 5.70. The molecule has 3 aliphatic rings. The Balaban J connectivity index is 1.63. The van der Waals surface area contributed by atoms with Crippen LogP contribution in [-0.2, 0) is 4.79 Å². The third kappa shape index (κ3) is 2.37. The first-order chi connectivity index (χ1) is 10.9. The van der Waals surface area contributed by atoms with Crippen LogP contribution >= 0.6 is 0 Å². The molecule has 3 heteroatoms. The summed E-state index contributed by atoms with van der Waals surface area (Å²) in [6.45, 7) is 6.36. The average molecular weight is 304 g/mol. The highest BCUT2D eigenvalue weighted by Crippen LogP contribution is 2.51. The van der Waals surface area contributed by atoms with E-state index >= 15 is 0 Å². The van der Waals surface area contributed by atoms with Crippen molar-refractivity contribution >= 4 is 5.91 Å². The molecule has 3 aliphatic carbocycles. The van der Waals surface area contributed by atoms with E-state index in [0.29, 0.717) is 0 Å². The lowest BCUT2D eigenvalue weighted by Gasteiger charge is -2.31. The molecule has 1 amide bonds. The molecule has 0 unspecified atom stereocenters. The minimum Gasteiger partial charge on any atom is -0.343 e. The lowest BCUT2D eigenvalue weighted by Crippen LogP contribution is -2.37. The van der Waals surface area contributed by atoms with Crippen LogP contribution in [-0.4, -0.2) is 10.9 Å². The largest absolute Gasteiger partial charge is 0.343 e.